The molecule has 0 atom stereocenters. The third-order valence-electron chi connectivity index (χ3n) is 1.99. The number of hydrogen-bond donors (Lipinski definition) is 2. The van der Waals surface area contributed by atoms with Gasteiger partial charge in [0.1, 0.15) is 5.60 Å². The monoisotopic (exact) mass is 296 g/mol. The van der Waals surface area contributed by atoms with Crippen molar-refractivity contribution in [3.8, 4) is 0 Å². The molecule has 21 heavy (non-hydrogen) atoms. The molecule has 4 N–H and O–H groups in total. The molecule has 0 unspecified atom stereocenters. The second-order valence-corrected chi connectivity index (χ2v) is 4.94. The molecule has 0 amide bonds. The van der Waals surface area contributed by atoms with Crippen LogP contribution in [-0.2, 0) is 9.53 Å². The zero-order chi connectivity index (χ0) is 16.6. The Balaban J connectivity index is 0.00000191. The summed E-state index contributed by atoms with van der Waals surface area (Å²) in [6.07, 6.45) is 3.16. The molecule has 7 nitrogen and oxygen atoms in total. The molecule has 118 valence electrons. The van der Waals surface area contributed by atoms with Crippen LogP contribution in [0.2, 0.25) is 0 Å². The van der Waals surface area contributed by atoms with E-state index in [0.29, 0.717) is 5.69 Å². The van der Waals surface area contributed by atoms with Gasteiger partial charge in [-0.15, -0.1) is 0 Å². The molecule has 0 aliphatic heterocycles. The Morgan fingerprint density at radius 2 is 2.00 bits per heavy atom. The van der Waals surface area contributed by atoms with Crippen LogP contribution in [0.5, 0.6) is 0 Å². The summed E-state index contributed by atoms with van der Waals surface area (Å²) in [4.78, 5) is 26.7. The molecule has 1 aromatic rings. The topological polar surface area (TPSA) is 113 Å². The highest BCUT2D eigenvalue weighted by atomic mass is 16.6. The molecule has 7 heteroatoms. The van der Waals surface area contributed by atoms with Crippen LogP contribution in [-0.4, -0.2) is 21.2 Å². The fourth-order valence-electron chi connectivity index (χ4n) is 1.27. The second kappa shape index (κ2) is 8.08. The van der Waals surface area contributed by atoms with E-state index in [2.05, 4.69) is 4.98 Å². The molecule has 0 spiro atoms. The highest BCUT2D eigenvalue weighted by molar-refractivity contribution is 5.72. The van der Waals surface area contributed by atoms with E-state index >= 15 is 0 Å². The lowest BCUT2D eigenvalue weighted by atomic mass is 10.2. The molecule has 1 aromatic heterocycles. The minimum Gasteiger partial charge on any atom is -0.460 e. The van der Waals surface area contributed by atoms with Crippen LogP contribution in [0.4, 0.5) is 5.95 Å². The van der Waals surface area contributed by atoms with Crippen molar-refractivity contribution in [3.05, 3.63) is 28.2 Å². The first-order chi connectivity index (χ1) is 9.69. The fraction of sp³-hybridized carbons (Fsp3) is 0.500. The van der Waals surface area contributed by atoms with Crippen LogP contribution in [0.15, 0.2) is 16.9 Å². The maximum atomic E-state index is 11.4. The third kappa shape index (κ3) is 7.14. The molecule has 1 rings (SSSR count). The Hall–Kier alpha value is -2.31. The van der Waals surface area contributed by atoms with Gasteiger partial charge in [-0.25, -0.2) is 4.98 Å². The normalized spacial score (nSPS) is 10.9. The van der Waals surface area contributed by atoms with Gasteiger partial charge in [0, 0.05) is 6.07 Å². The molecule has 0 fully saturated rings. The van der Waals surface area contributed by atoms with Crippen molar-refractivity contribution in [3.63, 3.8) is 0 Å². The number of carbonyl (C=O) groups is 1. The number of ether oxygens (including phenoxy) is 1. The Labute approximate surface area is 124 Å². The number of carbonyl (C=O) groups excluding carboxylic acids is 1. The lowest BCUT2D eigenvalue weighted by molar-refractivity contribution is -0.153. The van der Waals surface area contributed by atoms with Gasteiger partial charge in [0.25, 0.3) is 5.56 Å². The number of nitrogens with two attached hydrogens (primary N) is 2. The number of esters is 1. The molecule has 0 radical (unpaired) electrons. The molecule has 0 saturated carbocycles. The molecular weight excluding hydrogens is 272 g/mol. The third-order valence-corrected chi connectivity index (χ3v) is 1.99. The minimum absolute atomic E-state index is 0.0879. The van der Waals surface area contributed by atoms with Crippen LogP contribution in [0.1, 0.15) is 46.7 Å². The zero-order valence-electron chi connectivity index (χ0n) is 13.2. The Kier molecular flexibility index (Phi) is 7.19. The number of rotatable bonds is 3. The van der Waals surface area contributed by atoms with Crippen molar-refractivity contribution in [2.75, 3.05) is 11.6 Å². The van der Waals surface area contributed by atoms with Gasteiger partial charge in [-0.3, -0.25) is 9.59 Å². The summed E-state index contributed by atoms with van der Waals surface area (Å²) in [5.74, 6) is 4.86. The van der Waals surface area contributed by atoms with Gasteiger partial charge >= 0.3 is 5.97 Å². The van der Waals surface area contributed by atoms with E-state index in [4.69, 9.17) is 16.3 Å². The number of nitrogen functional groups attached to an aromatic ring is 2. The predicted molar refractivity (Wildman–Crippen MR) is 83.9 cm³/mol. The van der Waals surface area contributed by atoms with Crippen LogP contribution < -0.4 is 17.1 Å². The Morgan fingerprint density at radius 1 is 1.43 bits per heavy atom. The highest BCUT2D eigenvalue weighted by Crippen LogP contribution is 2.08. The first-order valence-corrected chi connectivity index (χ1v) is 6.72. The number of aromatic nitrogens is 2. The summed E-state index contributed by atoms with van der Waals surface area (Å²) >= 11 is 0. The number of anilines is 1. The summed E-state index contributed by atoms with van der Waals surface area (Å²) in [6.45, 7) is 9.37. The van der Waals surface area contributed by atoms with Crippen molar-refractivity contribution in [1.29, 1.82) is 0 Å². The van der Waals surface area contributed by atoms with Gasteiger partial charge in [0.15, 0.2) is 0 Å². The van der Waals surface area contributed by atoms with Crippen LogP contribution in [0.3, 0.4) is 0 Å². The number of hydrogen-bond acceptors (Lipinski definition) is 6. The van der Waals surface area contributed by atoms with E-state index < -0.39 is 11.2 Å². The van der Waals surface area contributed by atoms with E-state index in [-0.39, 0.29) is 18.3 Å². The van der Waals surface area contributed by atoms with E-state index in [1.807, 2.05) is 13.8 Å². The summed E-state index contributed by atoms with van der Waals surface area (Å²) in [7, 11) is 0. The van der Waals surface area contributed by atoms with E-state index in [1.165, 1.54) is 12.1 Å². The predicted octanol–water partition coefficient (Wildman–Crippen LogP) is 1.31. The van der Waals surface area contributed by atoms with Gasteiger partial charge in [-0.1, -0.05) is 19.9 Å². The van der Waals surface area contributed by atoms with E-state index in [1.54, 1.807) is 26.8 Å². The zero-order valence-corrected chi connectivity index (χ0v) is 13.2. The summed E-state index contributed by atoms with van der Waals surface area (Å²) < 4.78 is 5.86. The van der Waals surface area contributed by atoms with Gasteiger partial charge in [-0.05, 0) is 26.8 Å². The summed E-state index contributed by atoms with van der Waals surface area (Å²) in [5, 5.41) is 0. The standard InChI is InChI=1S/C12H18N4O3.C2H6/c1-12(2,3)19-10(18)6-4-5-8-7-9(17)16(14)11(13)15-8;1-2/h4-5,7H,6,14H2,1-3H3,(H2,13,15);1-2H3/b5-4+;. The summed E-state index contributed by atoms with van der Waals surface area (Å²) in [6, 6.07) is 1.22. The van der Waals surface area contributed by atoms with E-state index in [9.17, 15) is 9.59 Å². The lowest BCUT2D eigenvalue weighted by Crippen LogP contribution is -2.30. The first kappa shape index (κ1) is 18.7. The molecule has 0 bridgehead atoms. The highest BCUT2D eigenvalue weighted by Gasteiger charge is 2.14. The van der Waals surface area contributed by atoms with Crippen molar-refractivity contribution in [1.82, 2.24) is 9.66 Å². The molecule has 0 aliphatic carbocycles. The average molecular weight is 296 g/mol. The van der Waals surface area contributed by atoms with Crippen LogP contribution in [0.25, 0.3) is 6.08 Å². The van der Waals surface area contributed by atoms with Crippen molar-refractivity contribution >= 4 is 18.0 Å². The van der Waals surface area contributed by atoms with Crippen LogP contribution >= 0.6 is 0 Å². The molecule has 0 saturated heterocycles. The second-order valence-electron chi connectivity index (χ2n) is 4.94. The smallest absolute Gasteiger partial charge is 0.310 e. The maximum absolute atomic E-state index is 11.4. The summed E-state index contributed by atoms with van der Waals surface area (Å²) in [5.41, 5.74) is 4.79. The van der Waals surface area contributed by atoms with Crippen molar-refractivity contribution < 1.29 is 9.53 Å². The van der Waals surface area contributed by atoms with Crippen LogP contribution in [0, 0.1) is 0 Å². The van der Waals surface area contributed by atoms with Gasteiger partial charge < -0.3 is 16.3 Å². The Bertz CT molecular complexity index is 556. The average Bonchev–Trinajstić information content (AvgIpc) is 2.36. The lowest BCUT2D eigenvalue weighted by Gasteiger charge is -2.18. The quantitative estimate of drug-likeness (QED) is 0.642. The van der Waals surface area contributed by atoms with E-state index in [0.717, 1.165) is 4.68 Å². The number of nitrogens with zero attached hydrogens (tertiary/aromatic N) is 2. The minimum atomic E-state index is -0.520. The SMILES string of the molecule is CC.CC(C)(C)OC(=O)C/C=C/c1cc(=O)n(N)c(N)n1. The molecule has 0 aromatic carbocycles. The Morgan fingerprint density at radius 3 is 2.48 bits per heavy atom. The van der Waals surface area contributed by atoms with Gasteiger partial charge in [-0.2, -0.15) is 4.68 Å². The first-order valence-electron chi connectivity index (χ1n) is 6.72. The van der Waals surface area contributed by atoms with Crippen molar-refractivity contribution in [2.45, 2.75) is 46.6 Å². The maximum Gasteiger partial charge on any atom is 0.310 e. The molecular formula is C14H24N4O3. The van der Waals surface area contributed by atoms with Gasteiger partial charge in [0.05, 0.1) is 12.1 Å². The molecule has 0 aliphatic rings. The van der Waals surface area contributed by atoms with Crippen molar-refractivity contribution in [2.24, 2.45) is 0 Å². The largest absolute Gasteiger partial charge is 0.460 e. The van der Waals surface area contributed by atoms with Gasteiger partial charge in [0.2, 0.25) is 5.95 Å². The molecule has 1 heterocycles. The fourth-order valence-corrected chi connectivity index (χ4v) is 1.27.